The Kier molecular flexibility index (Phi) is 3.10. The summed E-state index contributed by atoms with van der Waals surface area (Å²) in [5, 5.41) is 0.0927. The van der Waals surface area contributed by atoms with Crippen molar-refractivity contribution in [1.29, 1.82) is 0 Å². The second-order valence-corrected chi connectivity index (χ2v) is 3.58. The lowest BCUT2D eigenvalue weighted by Gasteiger charge is -2.04. The summed E-state index contributed by atoms with van der Waals surface area (Å²) in [7, 11) is 0. The van der Waals surface area contributed by atoms with Crippen LogP contribution in [-0.2, 0) is 4.74 Å². The Hall–Kier alpha value is -2.24. The largest absolute Gasteiger partial charge is 0.462 e. The van der Waals surface area contributed by atoms with Crippen LogP contribution in [0.4, 0.5) is 8.78 Å². The third kappa shape index (κ3) is 2.09. The first-order valence-corrected chi connectivity index (χ1v) is 5.22. The van der Waals surface area contributed by atoms with Crippen molar-refractivity contribution >= 4 is 16.9 Å². The van der Waals surface area contributed by atoms with E-state index in [1.807, 2.05) is 0 Å². The maximum Gasteiger partial charge on any atom is 0.343 e. The van der Waals surface area contributed by atoms with Crippen LogP contribution in [0.2, 0.25) is 0 Å². The average molecular weight is 253 g/mol. The van der Waals surface area contributed by atoms with Gasteiger partial charge in [0.2, 0.25) is 0 Å². The van der Waals surface area contributed by atoms with Gasteiger partial charge in [0.15, 0.2) is 0 Å². The van der Waals surface area contributed by atoms with E-state index in [0.717, 1.165) is 12.1 Å². The number of aromatic amines is 1. The van der Waals surface area contributed by atoms with Crippen molar-refractivity contribution in [2.24, 2.45) is 0 Å². The number of nitrogens with one attached hydrogen (secondary N) is 1. The van der Waals surface area contributed by atoms with Gasteiger partial charge in [-0.05, 0) is 19.1 Å². The van der Waals surface area contributed by atoms with Gasteiger partial charge in [-0.3, -0.25) is 4.79 Å². The molecule has 0 fully saturated rings. The van der Waals surface area contributed by atoms with E-state index in [2.05, 4.69) is 9.72 Å². The molecule has 2 rings (SSSR count). The zero-order chi connectivity index (χ0) is 13.3. The van der Waals surface area contributed by atoms with E-state index in [4.69, 9.17) is 0 Å². The van der Waals surface area contributed by atoms with Gasteiger partial charge in [0.25, 0.3) is 5.56 Å². The standard InChI is InChI=1S/C12H9F2NO3/c1-2-18-12(17)8-4-6-3-7(13)5-9(14)10(6)15-11(8)16/h3-5H,2H2,1H3,(H,15,16). The SMILES string of the molecule is CCOC(=O)c1cc2cc(F)cc(F)c2[nH]c1=O. The van der Waals surface area contributed by atoms with Gasteiger partial charge < -0.3 is 9.72 Å². The fourth-order valence-corrected chi connectivity index (χ4v) is 1.60. The van der Waals surface area contributed by atoms with E-state index in [9.17, 15) is 18.4 Å². The van der Waals surface area contributed by atoms with Crippen LogP contribution in [-0.4, -0.2) is 17.6 Å². The van der Waals surface area contributed by atoms with Crippen molar-refractivity contribution in [3.05, 3.63) is 45.8 Å². The van der Waals surface area contributed by atoms with Crippen LogP contribution in [0.25, 0.3) is 10.9 Å². The summed E-state index contributed by atoms with van der Waals surface area (Å²) in [6.07, 6.45) is 0. The number of hydrogen-bond acceptors (Lipinski definition) is 3. The molecule has 0 aliphatic heterocycles. The number of benzene rings is 1. The third-order valence-electron chi connectivity index (χ3n) is 2.36. The smallest absolute Gasteiger partial charge is 0.343 e. The number of halogens is 2. The highest BCUT2D eigenvalue weighted by atomic mass is 19.1. The van der Waals surface area contributed by atoms with Crippen molar-refractivity contribution in [2.45, 2.75) is 6.92 Å². The predicted molar refractivity (Wildman–Crippen MR) is 60.4 cm³/mol. The second-order valence-electron chi connectivity index (χ2n) is 3.58. The molecule has 1 aromatic heterocycles. The summed E-state index contributed by atoms with van der Waals surface area (Å²) >= 11 is 0. The van der Waals surface area contributed by atoms with Gasteiger partial charge in [-0.15, -0.1) is 0 Å². The first-order chi connectivity index (χ1) is 8.52. The minimum atomic E-state index is -0.891. The normalized spacial score (nSPS) is 10.6. The number of esters is 1. The molecule has 0 spiro atoms. The third-order valence-corrected chi connectivity index (χ3v) is 2.36. The minimum absolute atomic E-state index is 0.0927. The van der Waals surface area contributed by atoms with Gasteiger partial charge in [-0.2, -0.15) is 0 Å². The summed E-state index contributed by atoms with van der Waals surface area (Å²) in [5.41, 5.74) is -1.20. The van der Waals surface area contributed by atoms with Crippen molar-refractivity contribution in [3.63, 3.8) is 0 Å². The van der Waals surface area contributed by atoms with Gasteiger partial charge in [-0.25, -0.2) is 13.6 Å². The van der Waals surface area contributed by atoms with Crippen molar-refractivity contribution in [2.75, 3.05) is 6.61 Å². The molecule has 2 aromatic rings. The highest BCUT2D eigenvalue weighted by Gasteiger charge is 2.14. The van der Waals surface area contributed by atoms with Gasteiger partial charge >= 0.3 is 5.97 Å². The van der Waals surface area contributed by atoms with Crippen molar-refractivity contribution < 1.29 is 18.3 Å². The molecular weight excluding hydrogens is 244 g/mol. The Morgan fingerprint density at radius 2 is 2.06 bits per heavy atom. The molecule has 0 radical (unpaired) electrons. The fraction of sp³-hybridized carbons (Fsp3) is 0.167. The molecule has 1 N–H and O–H groups in total. The molecule has 18 heavy (non-hydrogen) atoms. The second kappa shape index (κ2) is 4.56. The zero-order valence-electron chi connectivity index (χ0n) is 9.42. The van der Waals surface area contributed by atoms with Crippen LogP contribution in [0.15, 0.2) is 23.0 Å². The number of aromatic nitrogens is 1. The molecular formula is C12H9F2NO3. The molecule has 0 aliphatic carbocycles. The molecule has 1 heterocycles. The number of carbonyl (C=O) groups excluding carboxylic acids is 1. The summed E-state index contributed by atoms with van der Waals surface area (Å²) in [6, 6.07) is 2.79. The van der Waals surface area contributed by atoms with E-state index < -0.39 is 23.2 Å². The summed E-state index contributed by atoms with van der Waals surface area (Å²) in [6.45, 7) is 1.69. The number of rotatable bonds is 2. The maximum absolute atomic E-state index is 13.4. The van der Waals surface area contributed by atoms with E-state index in [0.29, 0.717) is 6.07 Å². The number of H-pyrrole nitrogens is 1. The van der Waals surface area contributed by atoms with E-state index in [1.54, 1.807) is 6.92 Å². The monoisotopic (exact) mass is 253 g/mol. The molecule has 0 bridgehead atoms. The van der Waals surface area contributed by atoms with Gasteiger partial charge in [0.1, 0.15) is 17.2 Å². The highest BCUT2D eigenvalue weighted by molar-refractivity contribution is 5.93. The molecule has 4 nitrogen and oxygen atoms in total. The lowest BCUT2D eigenvalue weighted by atomic mass is 10.1. The van der Waals surface area contributed by atoms with E-state index >= 15 is 0 Å². The quantitative estimate of drug-likeness (QED) is 0.832. The van der Waals surface area contributed by atoms with Crippen LogP contribution < -0.4 is 5.56 Å². The Bertz CT molecular complexity index is 679. The molecule has 1 aromatic carbocycles. The van der Waals surface area contributed by atoms with Crippen LogP contribution in [0.5, 0.6) is 0 Å². The van der Waals surface area contributed by atoms with E-state index in [1.165, 1.54) is 0 Å². The predicted octanol–water partition coefficient (Wildman–Crippen LogP) is 1.98. The first kappa shape index (κ1) is 12.2. The molecule has 0 atom stereocenters. The molecule has 6 heteroatoms. The first-order valence-electron chi connectivity index (χ1n) is 5.22. The van der Waals surface area contributed by atoms with Crippen LogP contribution in [0.3, 0.4) is 0 Å². The molecule has 0 saturated carbocycles. The number of ether oxygens (including phenoxy) is 1. The van der Waals surface area contributed by atoms with Crippen LogP contribution in [0, 0.1) is 11.6 Å². The lowest BCUT2D eigenvalue weighted by Crippen LogP contribution is -2.19. The number of pyridine rings is 1. The minimum Gasteiger partial charge on any atom is -0.462 e. The number of hydrogen-bond donors (Lipinski definition) is 1. The van der Waals surface area contributed by atoms with E-state index in [-0.39, 0.29) is 23.1 Å². The maximum atomic E-state index is 13.4. The Balaban J connectivity index is 2.68. The fourth-order valence-electron chi connectivity index (χ4n) is 1.60. The van der Waals surface area contributed by atoms with Crippen molar-refractivity contribution in [1.82, 2.24) is 4.98 Å². The zero-order valence-corrected chi connectivity index (χ0v) is 9.42. The Morgan fingerprint density at radius 3 is 2.72 bits per heavy atom. The topological polar surface area (TPSA) is 59.2 Å². The molecule has 94 valence electrons. The number of fused-ring (bicyclic) bond motifs is 1. The van der Waals surface area contributed by atoms with Crippen LogP contribution >= 0.6 is 0 Å². The molecule has 0 amide bonds. The van der Waals surface area contributed by atoms with Crippen LogP contribution in [0.1, 0.15) is 17.3 Å². The lowest BCUT2D eigenvalue weighted by molar-refractivity contribution is 0.0524. The summed E-state index contributed by atoms with van der Waals surface area (Å²) < 4.78 is 31.1. The molecule has 0 saturated heterocycles. The van der Waals surface area contributed by atoms with Crippen molar-refractivity contribution in [3.8, 4) is 0 Å². The summed E-state index contributed by atoms with van der Waals surface area (Å²) in [5.74, 6) is -2.51. The molecule has 0 aliphatic rings. The average Bonchev–Trinajstić information content (AvgIpc) is 2.29. The van der Waals surface area contributed by atoms with Gasteiger partial charge in [0.05, 0.1) is 12.1 Å². The highest BCUT2D eigenvalue weighted by Crippen LogP contribution is 2.17. The Labute approximate surface area is 100 Å². The Morgan fingerprint density at radius 1 is 1.33 bits per heavy atom. The van der Waals surface area contributed by atoms with Gasteiger partial charge in [0, 0.05) is 11.5 Å². The number of carbonyl (C=O) groups is 1. The molecule has 0 unspecified atom stereocenters. The summed E-state index contributed by atoms with van der Waals surface area (Å²) in [4.78, 5) is 25.2. The van der Waals surface area contributed by atoms with Gasteiger partial charge in [-0.1, -0.05) is 0 Å².